The van der Waals surface area contributed by atoms with Gasteiger partial charge < -0.3 is 20.1 Å². The summed E-state index contributed by atoms with van der Waals surface area (Å²) in [6.07, 6.45) is 2.91. The third kappa shape index (κ3) is 2.74. The van der Waals surface area contributed by atoms with Gasteiger partial charge in [-0.1, -0.05) is 6.92 Å². The van der Waals surface area contributed by atoms with E-state index >= 15 is 0 Å². The van der Waals surface area contributed by atoms with Gasteiger partial charge in [-0.2, -0.15) is 0 Å². The lowest BCUT2D eigenvalue weighted by Gasteiger charge is -2.28. The van der Waals surface area contributed by atoms with Gasteiger partial charge in [0.2, 0.25) is 0 Å². The molecule has 1 aromatic carbocycles. The first-order valence-electron chi connectivity index (χ1n) is 8.54. The Morgan fingerprint density at radius 1 is 1.20 bits per heavy atom. The van der Waals surface area contributed by atoms with Gasteiger partial charge in [0.1, 0.15) is 22.7 Å². The van der Waals surface area contributed by atoms with Crippen molar-refractivity contribution >= 4 is 22.2 Å². The van der Waals surface area contributed by atoms with Crippen molar-refractivity contribution in [2.75, 3.05) is 19.5 Å². The van der Waals surface area contributed by atoms with E-state index in [9.17, 15) is 4.79 Å². The van der Waals surface area contributed by atoms with E-state index in [1.54, 1.807) is 25.6 Å². The number of carbonyl (C=O) groups excluding carboxylic acids is 1. The molecule has 0 saturated heterocycles. The molecule has 1 amide bonds. The van der Waals surface area contributed by atoms with Crippen molar-refractivity contribution < 1.29 is 14.3 Å². The van der Waals surface area contributed by atoms with Crippen LogP contribution in [0.5, 0.6) is 11.5 Å². The highest BCUT2D eigenvalue weighted by Crippen LogP contribution is 2.43. The summed E-state index contributed by atoms with van der Waals surface area (Å²) in [5.74, 6) is 2.11. The molecule has 0 fully saturated rings. The molecule has 2 aromatic rings. The van der Waals surface area contributed by atoms with Crippen LogP contribution >= 0.6 is 11.3 Å². The molecule has 4 rings (SSSR count). The van der Waals surface area contributed by atoms with Crippen LogP contribution in [0, 0.1) is 5.92 Å². The van der Waals surface area contributed by atoms with Gasteiger partial charge in [-0.05, 0) is 42.9 Å². The second-order valence-corrected chi connectivity index (χ2v) is 7.82. The average Bonchev–Trinajstić information content (AvgIpc) is 2.98. The number of anilines is 1. The minimum absolute atomic E-state index is 0.00340. The van der Waals surface area contributed by atoms with Crippen LogP contribution in [0.25, 0.3) is 0 Å². The van der Waals surface area contributed by atoms with Crippen LogP contribution in [0.15, 0.2) is 18.2 Å². The number of thiophene rings is 1. The largest absolute Gasteiger partial charge is 0.497 e. The fraction of sp³-hybridized carbons (Fsp3) is 0.421. The lowest BCUT2D eigenvalue weighted by Crippen LogP contribution is -2.38. The van der Waals surface area contributed by atoms with E-state index in [-0.39, 0.29) is 12.1 Å². The number of carbonyl (C=O) groups is 1. The monoisotopic (exact) mass is 358 g/mol. The van der Waals surface area contributed by atoms with E-state index in [1.165, 1.54) is 10.4 Å². The Hall–Kier alpha value is -2.21. The van der Waals surface area contributed by atoms with E-state index in [1.807, 2.05) is 18.2 Å². The zero-order valence-corrected chi connectivity index (χ0v) is 15.5. The number of ether oxygens (including phenoxy) is 2. The second-order valence-electron chi connectivity index (χ2n) is 6.71. The Kier molecular flexibility index (Phi) is 4.07. The molecule has 2 heterocycles. The predicted octanol–water partition coefficient (Wildman–Crippen LogP) is 3.74. The van der Waals surface area contributed by atoms with Gasteiger partial charge in [0, 0.05) is 16.5 Å². The maximum absolute atomic E-state index is 12.8. The first-order chi connectivity index (χ1) is 12.1. The first kappa shape index (κ1) is 16.3. The van der Waals surface area contributed by atoms with Crippen molar-refractivity contribution in [3.8, 4) is 11.5 Å². The number of amides is 1. The first-order valence-corrected chi connectivity index (χ1v) is 9.36. The van der Waals surface area contributed by atoms with Crippen LogP contribution in [0.1, 0.15) is 45.9 Å². The molecule has 0 unspecified atom stereocenters. The summed E-state index contributed by atoms with van der Waals surface area (Å²) in [6, 6.07) is 5.64. The van der Waals surface area contributed by atoms with Gasteiger partial charge in [0.25, 0.3) is 5.91 Å². The summed E-state index contributed by atoms with van der Waals surface area (Å²) in [5, 5.41) is 7.56. The molecule has 6 heteroatoms. The van der Waals surface area contributed by atoms with Crippen molar-refractivity contribution in [3.05, 3.63) is 39.8 Å². The van der Waals surface area contributed by atoms with Gasteiger partial charge in [-0.15, -0.1) is 11.3 Å². The molecule has 25 heavy (non-hydrogen) atoms. The van der Waals surface area contributed by atoms with E-state index in [0.29, 0.717) is 11.7 Å². The molecule has 1 aliphatic carbocycles. The maximum atomic E-state index is 12.8. The Bertz CT molecular complexity index is 830. The molecule has 2 aliphatic rings. The minimum Gasteiger partial charge on any atom is -0.497 e. The SMILES string of the molecule is COc1ccc([C@H]2NC(=O)c3c(sc4c3CC[C@@H](C)C4)N2)c(OC)c1. The zero-order chi connectivity index (χ0) is 17.6. The molecular formula is C19H22N2O3S. The van der Waals surface area contributed by atoms with Crippen molar-refractivity contribution in [3.63, 3.8) is 0 Å². The molecule has 0 bridgehead atoms. The normalized spacial score (nSPS) is 21.6. The molecule has 2 N–H and O–H groups in total. The number of hydrogen-bond acceptors (Lipinski definition) is 5. The third-order valence-electron chi connectivity index (χ3n) is 5.04. The quantitative estimate of drug-likeness (QED) is 0.877. The lowest BCUT2D eigenvalue weighted by molar-refractivity contribution is 0.0934. The summed E-state index contributed by atoms with van der Waals surface area (Å²) in [7, 11) is 3.25. The van der Waals surface area contributed by atoms with Crippen molar-refractivity contribution in [2.45, 2.75) is 32.4 Å². The van der Waals surface area contributed by atoms with E-state index < -0.39 is 0 Å². The lowest BCUT2D eigenvalue weighted by atomic mass is 9.88. The molecule has 132 valence electrons. The van der Waals surface area contributed by atoms with Gasteiger partial charge in [0.15, 0.2) is 0 Å². The number of rotatable bonds is 3. The Morgan fingerprint density at radius 3 is 2.80 bits per heavy atom. The topological polar surface area (TPSA) is 59.6 Å². The summed E-state index contributed by atoms with van der Waals surface area (Å²) < 4.78 is 10.7. The van der Waals surface area contributed by atoms with Crippen LogP contribution < -0.4 is 20.1 Å². The molecule has 1 aromatic heterocycles. The molecule has 2 atom stereocenters. The third-order valence-corrected chi connectivity index (χ3v) is 6.23. The minimum atomic E-state index is -0.307. The molecule has 5 nitrogen and oxygen atoms in total. The Balaban J connectivity index is 1.69. The van der Waals surface area contributed by atoms with Crippen molar-refractivity contribution in [1.82, 2.24) is 5.32 Å². The molecular weight excluding hydrogens is 336 g/mol. The summed E-state index contributed by atoms with van der Waals surface area (Å²) in [5.41, 5.74) is 2.97. The van der Waals surface area contributed by atoms with E-state index in [2.05, 4.69) is 17.6 Å². The second kappa shape index (κ2) is 6.26. The van der Waals surface area contributed by atoms with Gasteiger partial charge in [0.05, 0.1) is 19.8 Å². The predicted molar refractivity (Wildman–Crippen MR) is 98.9 cm³/mol. The van der Waals surface area contributed by atoms with Crippen LogP contribution in [0.2, 0.25) is 0 Å². The Labute approximate surface area is 151 Å². The van der Waals surface area contributed by atoms with Crippen LogP contribution in [0.3, 0.4) is 0 Å². The van der Waals surface area contributed by atoms with Crippen LogP contribution in [0.4, 0.5) is 5.00 Å². The highest BCUT2D eigenvalue weighted by molar-refractivity contribution is 7.16. The smallest absolute Gasteiger partial charge is 0.256 e. The molecule has 0 spiro atoms. The summed E-state index contributed by atoms with van der Waals surface area (Å²) >= 11 is 1.73. The van der Waals surface area contributed by atoms with Crippen molar-refractivity contribution in [2.24, 2.45) is 5.92 Å². The zero-order valence-electron chi connectivity index (χ0n) is 14.6. The fourth-order valence-corrected chi connectivity index (χ4v) is 5.11. The van der Waals surface area contributed by atoms with Crippen molar-refractivity contribution in [1.29, 1.82) is 0 Å². The molecule has 0 radical (unpaired) electrons. The summed E-state index contributed by atoms with van der Waals surface area (Å²) in [6.45, 7) is 2.28. The number of benzene rings is 1. The summed E-state index contributed by atoms with van der Waals surface area (Å²) in [4.78, 5) is 14.2. The molecule has 0 saturated carbocycles. The average molecular weight is 358 g/mol. The number of nitrogens with one attached hydrogen (secondary N) is 2. The van der Waals surface area contributed by atoms with Crippen LogP contribution in [-0.4, -0.2) is 20.1 Å². The van der Waals surface area contributed by atoms with Gasteiger partial charge >= 0.3 is 0 Å². The number of fused-ring (bicyclic) bond motifs is 3. The maximum Gasteiger partial charge on any atom is 0.256 e. The highest BCUT2D eigenvalue weighted by Gasteiger charge is 2.33. The van der Waals surface area contributed by atoms with Gasteiger partial charge in [-0.3, -0.25) is 4.79 Å². The molecule has 1 aliphatic heterocycles. The highest BCUT2D eigenvalue weighted by atomic mass is 32.1. The Morgan fingerprint density at radius 2 is 2.04 bits per heavy atom. The standard InChI is InChI=1S/C19H22N2O3S/c1-10-4-6-13-15(8-10)25-19-16(13)18(22)20-17(21-19)12-7-5-11(23-2)9-14(12)24-3/h5,7,9-10,17,21H,4,6,8H2,1-3H3,(H,20,22)/t10-,17+/m1/s1. The van der Waals surface area contributed by atoms with Gasteiger partial charge in [-0.25, -0.2) is 0 Å². The van der Waals surface area contributed by atoms with E-state index in [0.717, 1.165) is 41.1 Å². The number of methoxy groups -OCH3 is 2. The fourth-order valence-electron chi connectivity index (χ4n) is 3.68. The van der Waals surface area contributed by atoms with Crippen LogP contribution in [-0.2, 0) is 12.8 Å². The number of hydrogen-bond donors (Lipinski definition) is 2. The van der Waals surface area contributed by atoms with E-state index in [4.69, 9.17) is 9.47 Å².